The highest BCUT2D eigenvalue weighted by Crippen LogP contribution is 2.38. The van der Waals surface area contributed by atoms with Crippen LogP contribution in [0.15, 0.2) is 12.3 Å². The molecule has 0 aromatic carbocycles. The van der Waals surface area contributed by atoms with Crippen molar-refractivity contribution in [2.24, 2.45) is 0 Å². The Morgan fingerprint density at radius 1 is 1.27 bits per heavy atom. The number of pyridine rings is 1. The van der Waals surface area contributed by atoms with Crippen LogP contribution in [-0.4, -0.2) is 44.2 Å². The predicted octanol–water partition coefficient (Wildman–Crippen LogP) is 2.33. The molecule has 1 N–H and O–H groups in total. The van der Waals surface area contributed by atoms with E-state index in [9.17, 15) is 0 Å². The van der Waals surface area contributed by atoms with Gasteiger partial charge in [-0.05, 0) is 18.9 Å². The maximum atomic E-state index is 5.77. The highest BCUT2D eigenvalue weighted by molar-refractivity contribution is 5.58. The average molecular weight is 308 g/mol. The Morgan fingerprint density at radius 2 is 2.00 bits per heavy atom. The van der Waals surface area contributed by atoms with Crippen molar-refractivity contribution in [3.05, 3.63) is 18.0 Å². The number of aromatic nitrogens is 1. The third kappa shape index (κ3) is 3.19. The molecule has 1 aromatic rings. The summed E-state index contributed by atoms with van der Waals surface area (Å²) in [5.41, 5.74) is 1.78. The van der Waals surface area contributed by atoms with Gasteiger partial charge in [0.25, 0.3) is 0 Å². The second-order valence-electron chi connectivity index (χ2n) is 5.80. The first kappa shape index (κ1) is 15.5. The Bertz CT molecular complexity index is 493. The quantitative estimate of drug-likeness (QED) is 0.901. The van der Waals surface area contributed by atoms with E-state index in [1.54, 1.807) is 20.4 Å². The van der Waals surface area contributed by atoms with Crippen LogP contribution >= 0.6 is 0 Å². The molecule has 0 unspecified atom stereocenters. The Morgan fingerprint density at radius 3 is 2.64 bits per heavy atom. The van der Waals surface area contributed by atoms with Crippen LogP contribution < -0.4 is 10.1 Å². The number of hydrogen-bond donors (Lipinski definition) is 1. The highest BCUT2D eigenvalue weighted by atomic mass is 16.7. The van der Waals surface area contributed by atoms with E-state index in [1.807, 2.05) is 6.07 Å². The molecule has 0 radical (unpaired) electrons. The molecule has 2 fully saturated rings. The summed E-state index contributed by atoms with van der Waals surface area (Å²) in [4.78, 5) is 4.32. The van der Waals surface area contributed by atoms with Crippen LogP contribution in [0.25, 0.3) is 0 Å². The SMILES string of the molecule is COCc1nccc(NC2CCC3(CC2)OCCO3)c1OC. The summed E-state index contributed by atoms with van der Waals surface area (Å²) in [6, 6.07) is 2.34. The fraction of sp³-hybridized carbons (Fsp3) is 0.688. The molecule has 1 spiro atoms. The molecule has 1 saturated carbocycles. The highest BCUT2D eigenvalue weighted by Gasteiger charge is 2.40. The van der Waals surface area contributed by atoms with E-state index in [0.717, 1.165) is 56.0 Å². The van der Waals surface area contributed by atoms with Gasteiger partial charge < -0.3 is 24.3 Å². The van der Waals surface area contributed by atoms with Crippen molar-refractivity contribution >= 4 is 5.69 Å². The van der Waals surface area contributed by atoms with Gasteiger partial charge in [0, 0.05) is 32.2 Å². The molecule has 1 aliphatic heterocycles. The van der Waals surface area contributed by atoms with Gasteiger partial charge in [-0.15, -0.1) is 0 Å². The van der Waals surface area contributed by atoms with Gasteiger partial charge in [-0.1, -0.05) is 0 Å². The van der Waals surface area contributed by atoms with E-state index in [2.05, 4.69) is 10.3 Å². The maximum Gasteiger partial charge on any atom is 0.168 e. The van der Waals surface area contributed by atoms with Gasteiger partial charge in [0.1, 0.15) is 5.69 Å². The van der Waals surface area contributed by atoms with Crippen molar-refractivity contribution in [3.8, 4) is 5.75 Å². The van der Waals surface area contributed by atoms with Crippen LogP contribution in [0.1, 0.15) is 31.4 Å². The lowest BCUT2D eigenvalue weighted by atomic mass is 9.90. The largest absolute Gasteiger partial charge is 0.493 e. The zero-order valence-corrected chi connectivity index (χ0v) is 13.3. The molecule has 22 heavy (non-hydrogen) atoms. The fourth-order valence-corrected chi connectivity index (χ4v) is 3.28. The van der Waals surface area contributed by atoms with Gasteiger partial charge in [0.15, 0.2) is 11.5 Å². The standard InChI is InChI=1S/C16H24N2O4/c1-19-11-14-15(20-2)13(5-8-17-14)18-12-3-6-16(7-4-12)21-9-10-22-16/h5,8,12H,3-4,6-7,9-11H2,1-2H3,(H,17,18). The molecule has 1 aromatic heterocycles. The second kappa shape index (κ2) is 6.81. The molecule has 0 atom stereocenters. The van der Waals surface area contributed by atoms with Gasteiger partial charge in [-0.25, -0.2) is 0 Å². The summed E-state index contributed by atoms with van der Waals surface area (Å²) in [6.45, 7) is 1.88. The molecular formula is C16H24N2O4. The van der Waals surface area contributed by atoms with Gasteiger partial charge >= 0.3 is 0 Å². The van der Waals surface area contributed by atoms with Crippen LogP contribution in [0, 0.1) is 0 Å². The predicted molar refractivity (Wildman–Crippen MR) is 82.0 cm³/mol. The number of nitrogens with one attached hydrogen (secondary N) is 1. The van der Waals surface area contributed by atoms with Gasteiger partial charge in [0.05, 0.1) is 32.6 Å². The van der Waals surface area contributed by atoms with E-state index < -0.39 is 0 Å². The zero-order chi connectivity index (χ0) is 15.4. The van der Waals surface area contributed by atoms with E-state index >= 15 is 0 Å². The number of rotatable bonds is 5. The summed E-state index contributed by atoms with van der Waals surface area (Å²) in [7, 11) is 3.32. The molecule has 0 bridgehead atoms. The second-order valence-corrected chi connectivity index (χ2v) is 5.80. The van der Waals surface area contributed by atoms with E-state index in [0.29, 0.717) is 12.6 Å². The third-order valence-corrected chi connectivity index (χ3v) is 4.38. The van der Waals surface area contributed by atoms with Crippen molar-refractivity contribution < 1.29 is 18.9 Å². The number of hydrogen-bond acceptors (Lipinski definition) is 6. The van der Waals surface area contributed by atoms with Crippen LogP contribution in [0.5, 0.6) is 5.75 Å². The molecular weight excluding hydrogens is 284 g/mol. The molecule has 122 valence electrons. The molecule has 6 nitrogen and oxygen atoms in total. The number of nitrogens with zero attached hydrogens (tertiary/aromatic N) is 1. The summed E-state index contributed by atoms with van der Waals surface area (Å²) in [5, 5.41) is 3.57. The van der Waals surface area contributed by atoms with E-state index in [4.69, 9.17) is 18.9 Å². The van der Waals surface area contributed by atoms with Gasteiger partial charge in [-0.2, -0.15) is 0 Å². The van der Waals surface area contributed by atoms with E-state index in [1.165, 1.54) is 0 Å². The van der Waals surface area contributed by atoms with Crippen LogP contribution in [-0.2, 0) is 20.8 Å². The first-order valence-corrected chi connectivity index (χ1v) is 7.81. The molecule has 1 aliphatic carbocycles. The lowest BCUT2D eigenvalue weighted by Gasteiger charge is -2.36. The molecule has 2 aliphatic rings. The number of ether oxygens (including phenoxy) is 4. The van der Waals surface area contributed by atoms with Gasteiger partial charge in [-0.3, -0.25) is 4.98 Å². The first-order chi connectivity index (χ1) is 10.8. The van der Waals surface area contributed by atoms with Crippen LogP contribution in [0.3, 0.4) is 0 Å². The van der Waals surface area contributed by atoms with Crippen molar-refractivity contribution in [3.63, 3.8) is 0 Å². The minimum Gasteiger partial charge on any atom is -0.493 e. The topological polar surface area (TPSA) is 61.8 Å². The monoisotopic (exact) mass is 308 g/mol. The third-order valence-electron chi connectivity index (χ3n) is 4.38. The smallest absolute Gasteiger partial charge is 0.168 e. The van der Waals surface area contributed by atoms with Crippen molar-refractivity contribution in [1.82, 2.24) is 4.98 Å². The summed E-state index contributed by atoms with van der Waals surface area (Å²) in [6.07, 6.45) is 5.69. The van der Waals surface area contributed by atoms with E-state index in [-0.39, 0.29) is 5.79 Å². The van der Waals surface area contributed by atoms with Crippen molar-refractivity contribution in [2.75, 3.05) is 32.8 Å². The molecule has 0 amide bonds. The number of methoxy groups -OCH3 is 2. The summed E-state index contributed by atoms with van der Waals surface area (Å²) >= 11 is 0. The van der Waals surface area contributed by atoms with Crippen molar-refractivity contribution in [2.45, 2.75) is 44.1 Å². The Labute approximate surface area is 131 Å². The molecule has 6 heteroatoms. The summed E-state index contributed by atoms with van der Waals surface area (Å²) < 4.78 is 22.2. The molecule has 2 heterocycles. The average Bonchev–Trinajstić information content (AvgIpc) is 2.99. The van der Waals surface area contributed by atoms with Crippen LogP contribution in [0.2, 0.25) is 0 Å². The van der Waals surface area contributed by atoms with Crippen LogP contribution in [0.4, 0.5) is 5.69 Å². The Balaban J connectivity index is 1.65. The minimum atomic E-state index is -0.318. The first-order valence-electron chi connectivity index (χ1n) is 7.81. The molecule has 3 rings (SSSR count). The molecule has 1 saturated heterocycles. The van der Waals surface area contributed by atoms with Crippen molar-refractivity contribution in [1.29, 1.82) is 0 Å². The number of anilines is 1. The Hall–Kier alpha value is -1.37. The zero-order valence-electron chi connectivity index (χ0n) is 13.3. The van der Waals surface area contributed by atoms with Gasteiger partial charge in [0.2, 0.25) is 0 Å². The normalized spacial score (nSPS) is 21.2. The summed E-state index contributed by atoms with van der Waals surface area (Å²) in [5.74, 6) is 0.444. The lowest BCUT2D eigenvalue weighted by Crippen LogP contribution is -2.39. The minimum absolute atomic E-state index is 0.318. The maximum absolute atomic E-state index is 5.77. The lowest BCUT2D eigenvalue weighted by molar-refractivity contribution is -0.177. The fourth-order valence-electron chi connectivity index (χ4n) is 3.28. The Kier molecular flexibility index (Phi) is 4.81.